The lowest BCUT2D eigenvalue weighted by Gasteiger charge is -2.40. The fourth-order valence-corrected chi connectivity index (χ4v) is 5.55. The molecule has 0 radical (unpaired) electrons. The summed E-state index contributed by atoms with van der Waals surface area (Å²) in [5.41, 5.74) is 0. The van der Waals surface area contributed by atoms with E-state index in [0.717, 1.165) is 0 Å². The molecule has 0 spiro atoms. The Labute approximate surface area is 205 Å². The highest BCUT2D eigenvalue weighted by molar-refractivity contribution is 4.53. The molecule has 0 aromatic carbocycles. The smallest absolute Gasteiger partial charge is 0.0786 e. The summed E-state index contributed by atoms with van der Waals surface area (Å²) in [6.07, 6.45) is 22.4. The summed E-state index contributed by atoms with van der Waals surface area (Å²) in [5.74, 6) is 0. The molecule has 0 atom stereocenters. The third-order valence-corrected chi connectivity index (χ3v) is 7.93. The second kappa shape index (κ2) is 21.5. The fraction of sp³-hybridized carbons (Fsp3) is 1.00. The van der Waals surface area contributed by atoms with Crippen LogP contribution in [-0.4, -0.2) is 61.3 Å². The Morgan fingerprint density at radius 3 is 0.625 bits per heavy atom. The van der Waals surface area contributed by atoms with Gasteiger partial charge in [0.25, 0.3) is 0 Å². The van der Waals surface area contributed by atoms with Crippen molar-refractivity contribution in [2.24, 2.45) is 0 Å². The first-order valence-corrected chi connectivity index (χ1v) is 15.3. The van der Waals surface area contributed by atoms with Crippen molar-refractivity contribution in [2.75, 3.05) is 52.4 Å². The van der Waals surface area contributed by atoms with Crippen molar-refractivity contribution >= 4 is 0 Å². The minimum absolute atomic E-state index is 1.35. The Bertz CT molecular complexity index is 299. The predicted molar refractivity (Wildman–Crippen MR) is 147 cm³/mol. The van der Waals surface area contributed by atoms with Gasteiger partial charge in [0.15, 0.2) is 0 Å². The van der Waals surface area contributed by atoms with Crippen LogP contribution >= 0.6 is 0 Å². The highest BCUT2D eigenvalue weighted by Crippen LogP contribution is 2.20. The van der Waals surface area contributed by atoms with E-state index in [0.29, 0.717) is 0 Å². The van der Waals surface area contributed by atoms with Crippen LogP contribution in [0.2, 0.25) is 0 Å². The van der Waals surface area contributed by atoms with Crippen LogP contribution in [0.25, 0.3) is 0 Å². The van der Waals surface area contributed by atoms with Gasteiger partial charge in [-0.15, -0.1) is 0 Å². The Kier molecular flexibility index (Phi) is 21.4. The van der Waals surface area contributed by atoms with Gasteiger partial charge in [0.05, 0.1) is 52.4 Å². The zero-order chi connectivity index (χ0) is 24.0. The molecule has 0 rings (SSSR count). The van der Waals surface area contributed by atoms with E-state index in [-0.39, 0.29) is 0 Å². The van der Waals surface area contributed by atoms with Crippen LogP contribution in [0.3, 0.4) is 0 Å². The topological polar surface area (TPSA) is 0 Å². The number of quaternary nitrogens is 2. The molecule has 2 nitrogen and oxygen atoms in total. The molecule has 194 valence electrons. The molecule has 0 aliphatic rings. The van der Waals surface area contributed by atoms with Crippen molar-refractivity contribution in [3.63, 3.8) is 0 Å². The molecule has 0 aromatic rings. The maximum atomic E-state index is 2.37. The molecule has 0 saturated heterocycles. The number of rotatable bonds is 25. The molecule has 0 bridgehead atoms. The zero-order valence-corrected chi connectivity index (χ0v) is 23.9. The first-order valence-electron chi connectivity index (χ1n) is 15.3. The molecule has 0 heterocycles. The summed E-state index contributed by atoms with van der Waals surface area (Å²) >= 11 is 0. The summed E-state index contributed by atoms with van der Waals surface area (Å²) in [5, 5.41) is 0. The predicted octanol–water partition coefficient (Wildman–Crippen LogP) is 8.98. The van der Waals surface area contributed by atoms with Gasteiger partial charge in [0, 0.05) is 0 Å². The van der Waals surface area contributed by atoms with Gasteiger partial charge in [-0.25, -0.2) is 0 Å². The molecule has 0 aliphatic heterocycles. The van der Waals surface area contributed by atoms with Crippen molar-refractivity contribution in [1.82, 2.24) is 0 Å². The summed E-state index contributed by atoms with van der Waals surface area (Å²) in [4.78, 5) is 0. The van der Waals surface area contributed by atoms with Gasteiger partial charge in [0.1, 0.15) is 0 Å². The van der Waals surface area contributed by atoms with Crippen LogP contribution in [-0.2, 0) is 0 Å². The number of hydrogen-bond acceptors (Lipinski definition) is 0. The maximum Gasteiger partial charge on any atom is 0.0786 e. The van der Waals surface area contributed by atoms with Crippen molar-refractivity contribution < 1.29 is 8.97 Å². The fourth-order valence-electron chi connectivity index (χ4n) is 5.55. The van der Waals surface area contributed by atoms with E-state index >= 15 is 0 Å². The molecule has 0 aliphatic carbocycles. The molecule has 0 saturated carbocycles. The highest BCUT2D eigenvalue weighted by Gasteiger charge is 2.26. The van der Waals surface area contributed by atoms with E-state index in [1.807, 2.05) is 0 Å². The number of hydrogen-bond donors (Lipinski definition) is 0. The Hall–Kier alpha value is -0.0800. The van der Waals surface area contributed by atoms with E-state index in [9.17, 15) is 0 Å². The maximum absolute atomic E-state index is 2.37. The van der Waals surface area contributed by atoms with Gasteiger partial charge >= 0.3 is 0 Å². The molecule has 0 amide bonds. The molecule has 0 fully saturated rings. The molecule has 32 heavy (non-hydrogen) atoms. The summed E-state index contributed by atoms with van der Waals surface area (Å²) < 4.78 is 2.86. The minimum atomic E-state index is 1.35. The van der Waals surface area contributed by atoms with Gasteiger partial charge < -0.3 is 8.97 Å². The third-order valence-electron chi connectivity index (χ3n) is 7.93. The van der Waals surface area contributed by atoms with Crippen LogP contribution in [0.15, 0.2) is 0 Å². The lowest BCUT2D eigenvalue weighted by atomic mass is 10.1. The normalized spacial score (nSPS) is 12.6. The van der Waals surface area contributed by atoms with E-state index in [1.54, 1.807) is 0 Å². The van der Waals surface area contributed by atoms with Crippen LogP contribution < -0.4 is 0 Å². The second-order valence-corrected chi connectivity index (χ2v) is 11.0. The van der Waals surface area contributed by atoms with E-state index < -0.39 is 0 Å². The lowest BCUT2D eigenvalue weighted by molar-refractivity contribution is -0.929. The van der Waals surface area contributed by atoms with Gasteiger partial charge in [0.2, 0.25) is 0 Å². The molecule has 0 unspecified atom stereocenters. The van der Waals surface area contributed by atoms with Crippen LogP contribution in [0.4, 0.5) is 0 Å². The number of unbranched alkanes of at least 4 members (excludes halogenated alkanes) is 9. The molecule has 0 aromatic heterocycles. The van der Waals surface area contributed by atoms with E-state index in [1.165, 1.54) is 164 Å². The Balaban J connectivity index is 4.72. The van der Waals surface area contributed by atoms with Gasteiger partial charge in [-0.3, -0.25) is 0 Å². The lowest BCUT2D eigenvalue weighted by Crippen LogP contribution is -2.51. The van der Waals surface area contributed by atoms with Crippen molar-refractivity contribution in [3.8, 4) is 0 Å². The van der Waals surface area contributed by atoms with Crippen molar-refractivity contribution in [3.05, 3.63) is 0 Å². The quantitative estimate of drug-likeness (QED) is 0.0953. The standard InChI is InChI=1S/C30H66N2/c1-7-13-23-31(24-14-8-2,25-15-9-3)29-21-19-20-22-30-32(26-16-10-4,27-17-11-5)28-18-12-6/h7-30H2,1-6H3/q+2. The number of nitrogens with zero attached hydrogens (tertiary/aromatic N) is 2. The van der Waals surface area contributed by atoms with E-state index in [2.05, 4.69) is 41.5 Å². The summed E-state index contributed by atoms with van der Waals surface area (Å²) in [6.45, 7) is 25.7. The first kappa shape index (κ1) is 31.9. The van der Waals surface area contributed by atoms with Crippen LogP contribution in [0, 0.1) is 0 Å². The Morgan fingerprint density at radius 1 is 0.250 bits per heavy atom. The van der Waals surface area contributed by atoms with Crippen LogP contribution in [0.5, 0.6) is 0 Å². The molecular weight excluding hydrogens is 388 g/mol. The summed E-state index contributed by atoms with van der Waals surface area (Å²) in [6, 6.07) is 0. The largest absolute Gasteiger partial charge is 0.324 e. The van der Waals surface area contributed by atoms with Crippen LogP contribution in [0.1, 0.15) is 144 Å². The SMILES string of the molecule is CCCC[N+](CCCC)(CCCC)CCCCCC[N+](CCCC)(CCCC)CCCC. The Morgan fingerprint density at radius 2 is 0.438 bits per heavy atom. The van der Waals surface area contributed by atoms with Crippen molar-refractivity contribution in [1.29, 1.82) is 0 Å². The molecule has 0 N–H and O–H groups in total. The van der Waals surface area contributed by atoms with Gasteiger partial charge in [-0.1, -0.05) is 80.1 Å². The zero-order valence-electron chi connectivity index (χ0n) is 23.9. The van der Waals surface area contributed by atoms with Gasteiger partial charge in [-0.05, 0) is 64.2 Å². The van der Waals surface area contributed by atoms with Crippen molar-refractivity contribution in [2.45, 2.75) is 144 Å². The monoisotopic (exact) mass is 455 g/mol. The highest BCUT2D eigenvalue weighted by atomic mass is 15.4. The summed E-state index contributed by atoms with van der Waals surface area (Å²) in [7, 11) is 0. The average molecular weight is 455 g/mol. The minimum Gasteiger partial charge on any atom is -0.324 e. The molecular formula is C30H66N2+2. The molecule has 2 heteroatoms. The second-order valence-electron chi connectivity index (χ2n) is 11.0. The average Bonchev–Trinajstić information content (AvgIpc) is 2.82. The van der Waals surface area contributed by atoms with E-state index in [4.69, 9.17) is 0 Å². The third kappa shape index (κ3) is 14.9. The van der Waals surface area contributed by atoms with Gasteiger partial charge in [-0.2, -0.15) is 0 Å². The first-order chi connectivity index (χ1) is 15.6.